The van der Waals surface area contributed by atoms with Gasteiger partial charge < -0.3 is 5.73 Å². The smallest absolute Gasteiger partial charge is 0.148 e. The quantitative estimate of drug-likeness (QED) is 0.758. The third-order valence-corrected chi connectivity index (χ3v) is 3.37. The largest absolute Gasteiger partial charge is 0.382 e. The summed E-state index contributed by atoms with van der Waals surface area (Å²) in [4.78, 5) is 0. The molecule has 0 unspecified atom stereocenters. The first-order valence-corrected chi connectivity index (χ1v) is 5.56. The lowest BCUT2D eigenvalue weighted by atomic mass is 9.85. The van der Waals surface area contributed by atoms with Crippen LogP contribution in [-0.4, -0.2) is 10.2 Å². The molecule has 3 heteroatoms. The van der Waals surface area contributed by atoms with Gasteiger partial charge in [-0.25, -0.2) is 0 Å². The Kier molecular flexibility index (Phi) is 2.75. The van der Waals surface area contributed by atoms with Crippen LogP contribution in [0.3, 0.4) is 0 Å². The van der Waals surface area contributed by atoms with E-state index in [4.69, 9.17) is 5.73 Å². The van der Waals surface area contributed by atoms with E-state index >= 15 is 0 Å². The zero-order valence-corrected chi connectivity index (χ0v) is 8.84. The van der Waals surface area contributed by atoms with Crippen LogP contribution in [0.2, 0.25) is 0 Å². The van der Waals surface area contributed by atoms with Crippen LogP contribution in [0.25, 0.3) is 0 Å². The number of aromatic amines is 1. The van der Waals surface area contributed by atoms with Crippen LogP contribution in [0.4, 0.5) is 5.82 Å². The number of aromatic nitrogens is 2. The Labute approximate surface area is 85.1 Å². The van der Waals surface area contributed by atoms with E-state index in [2.05, 4.69) is 17.1 Å². The third-order valence-electron chi connectivity index (χ3n) is 3.37. The van der Waals surface area contributed by atoms with Gasteiger partial charge in [0.05, 0.1) is 0 Å². The maximum atomic E-state index is 5.70. The number of nitrogens with zero attached hydrogens (tertiary/aromatic N) is 1. The lowest BCUT2D eigenvalue weighted by molar-refractivity contribution is 0.354. The molecular formula is C11H19N3. The van der Waals surface area contributed by atoms with Gasteiger partial charge in [0, 0.05) is 11.3 Å². The number of H-pyrrole nitrogens is 1. The lowest BCUT2D eigenvalue weighted by Crippen LogP contribution is -2.10. The van der Waals surface area contributed by atoms with E-state index in [1.807, 2.05) is 0 Å². The summed E-state index contributed by atoms with van der Waals surface area (Å²) in [7, 11) is 0. The topological polar surface area (TPSA) is 54.7 Å². The molecule has 0 bridgehead atoms. The van der Waals surface area contributed by atoms with Crippen molar-refractivity contribution in [2.45, 2.75) is 45.4 Å². The molecule has 1 aliphatic carbocycles. The molecule has 0 atom stereocenters. The first-order chi connectivity index (χ1) is 6.77. The zero-order chi connectivity index (χ0) is 9.97. The number of hydrogen-bond donors (Lipinski definition) is 2. The van der Waals surface area contributed by atoms with Gasteiger partial charge in [0.1, 0.15) is 5.82 Å². The van der Waals surface area contributed by atoms with Gasteiger partial charge in [0.25, 0.3) is 0 Å². The second-order valence-corrected chi connectivity index (χ2v) is 4.42. The first-order valence-electron chi connectivity index (χ1n) is 5.56. The van der Waals surface area contributed by atoms with Gasteiger partial charge in [-0.05, 0) is 19.3 Å². The van der Waals surface area contributed by atoms with Crippen LogP contribution in [0.1, 0.15) is 43.4 Å². The van der Waals surface area contributed by atoms with Crippen molar-refractivity contribution in [1.29, 1.82) is 0 Å². The average Bonchev–Trinajstić information content (AvgIpc) is 2.52. The van der Waals surface area contributed by atoms with Gasteiger partial charge in [-0.3, -0.25) is 5.10 Å². The van der Waals surface area contributed by atoms with Crippen molar-refractivity contribution < 1.29 is 0 Å². The highest BCUT2D eigenvalue weighted by Crippen LogP contribution is 2.27. The highest BCUT2D eigenvalue weighted by molar-refractivity contribution is 5.40. The summed E-state index contributed by atoms with van der Waals surface area (Å²) in [5.74, 6) is 1.51. The molecule has 14 heavy (non-hydrogen) atoms. The fourth-order valence-corrected chi connectivity index (χ4v) is 2.33. The first kappa shape index (κ1) is 9.56. The molecule has 1 aliphatic rings. The number of hydrogen-bond acceptors (Lipinski definition) is 2. The highest BCUT2D eigenvalue weighted by Gasteiger charge is 2.16. The molecule has 0 aliphatic heterocycles. The number of rotatable bonds is 2. The van der Waals surface area contributed by atoms with E-state index in [9.17, 15) is 0 Å². The van der Waals surface area contributed by atoms with Crippen molar-refractivity contribution in [3.05, 3.63) is 11.3 Å². The molecular weight excluding hydrogens is 174 g/mol. The van der Waals surface area contributed by atoms with Crippen molar-refractivity contribution >= 4 is 5.82 Å². The minimum Gasteiger partial charge on any atom is -0.382 e. The Morgan fingerprint density at radius 3 is 2.64 bits per heavy atom. The standard InChI is InChI=1S/C11H19N3/c1-8-10(13-14-11(8)12)7-9-5-3-2-4-6-9/h9H,2-7H2,1H3,(H3,12,13,14). The van der Waals surface area contributed by atoms with Gasteiger partial charge in [-0.15, -0.1) is 0 Å². The molecule has 0 saturated heterocycles. The fourth-order valence-electron chi connectivity index (χ4n) is 2.33. The zero-order valence-electron chi connectivity index (χ0n) is 8.84. The summed E-state index contributed by atoms with van der Waals surface area (Å²) >= 11 is 0. The fraction of sp³-hybridized carbons (Fsp3) is 0.727. The molecule has 3 nitrogen and oxygen atoms in total. The Balaban J connectivity index is 1.99. The van der Waals surface area contributed by atoms with Gasteiger partial charge >= 0.3 is 0 Å². The molecule has 2 rings (SSSR count). The number of nitrogens with one attached hydrogen (secondary N) is 1. The SMILES string of the molecule is Cc1c(N)n[nH]c1CC1CCCCC1. The van der Waals surface area contributed by atoms with E-state index in [1.54, 1.807) is 0 Å². The predicted molar refractivity (Wildman–Crippen MR) is 58.0 cm³/mol. The van der Waals surface area contributed by atoms with Crippen molar-refractivity contribution in [2.75, 3.05) is 5.73 Å². The molecule has 0 amide bonds. The van der Waals surface area contributed by atoms with E-state index in [1.165, 1.54) is 37.8 Å². The van der Waals surface area contributed by atoms with Crippen LogP contribution < -0.4 is 5.73 Å². The predicted octanol–water partition coefficient (Wildman–Crippen LogP) is 2.42. The molecule has 78 valence electrons. The maximum Gasteiger partial charge on any atom is 0.148 e. The Bertz CT molecular complexity index is 297. The van der Waals surface area contributed by atoms with Crippen molar-refractivity contribution in [3.8, 4) is 0 Å². The molecule has 1 aromatic heterocycles. The second-order valence-electron chi connectivity index (χ2n) is 4.42. The Hall–Kier alpha value is -0.990. The normalized spacial score (nSPS) is 18.6. The average molecular weight is 193 g/mol. The summed E-state index contributed by atoms with van der Waals surface area (Å²) in [5.41, 5.74) is 8.10. The van der Waals surface area contributed by atoms with Gasteiger partial charge in [-0.1, -0.05) is 32.1 Å². The van der Waals surface area contributed by atoms with E-state index in [0.29, 0.717) is 5.82 Å². The lowest BCUT2D eigenvalue weighted by Gasteiger charge is -2.20. The molecule has 0 aromatic carbocycles. The monoisotopic (exact) mass is 193 g/mol. The molecule has 1 aromatic rings. The minimum atomic E-state index is 0.663. The molecule has 1 fully saturated rings. The summed E-state index contributed by atoms with van der Waals surface area (Å²) in [6.45, 7) is 2.05. The van der Waals surface area contributed by atoms with Crippen LogP contribution in [0, 0.1) is 12.8 Å². The third kappa shape index (κ3) is 1.91. The van der Waals surface area contributed by atoms with Crippen molar-refractivity contribution in [1.82, 2.24) is 10.2 Å². The second kappa shape index (κ2) is 4.03. The highest BCUT2D eigenvalue weighted by atomic mass is 15.2. The van der Waals surface area contributed by atoms with Gasteiger partial charge in [0.2, 0.25) is 0 Å². The molecule has 0 spiro atoms. The number of nitrogen functional groups attached to an aromatic ring is 1. The summed E-state index contributed by atoms with van der Waals surface area (Å²) in [5, 5.41) is 7.08. The summed E-state index contributed by atoms with van der Waals surface area (Å²) in [6, 6.07) is 0. The van der Waals surface area contributed by atoms with Crippen LogP contribution in [-0.2, 0) is 6.42 Å². The van der Waals surface area contributed by atoms with Crippen LogP contribution in [0.15, 0.2) is 0 Å². The molecule has 1 saturated carbocycles. The van der Waals surface area contributed by atoms with Crippen molar-refractivity contribution in [3.63, 3.8) is 0 Å². The maximum absolute atomic E-state index is 5.70. The van der Waals surface area contributed by atoms with E-state index < -0.39 is 0 Å². The number of anilines is 1. The minimum absolute atomic E-state index is 0.663. The number of nitrogens with two attached hydrogens (primary N) is 1. The molecule has 3 N–H and O–H groups in total. The summed E-state index contributed by atoms with van der Waals surface area (Å²) in [6.07, 6.45) is 8.09. The van der Waals surface area contributed by atoms with E-state index in [-0.39, 0.29) is 0 Å². The Morgan fingerprint density at radius 1 is 1.36 bits per heavy atom. The van der Waals surface area contributed by atoms with Crippen LogP contribution in [0.5, 0.6) is 0 Å². The van der Waals surface area contributed by atoms with Crippen LogP contribution >= 0.6 is 0 Å². The summed E-state index contributed by atoms with van der Waals surface area (Å²) < 4.78 is 0. The molecule has 0 radical (unpaired) electrons. The van der Waals surface area contributed by atoms with Gasteiger partial charge in [-0.2, -0.15) is 5.10 Å². The van der Waals surface area contributed by atoms with Crippen molar-refractivity contribution in [2.24, 2.45) is 5.92 Å². The molecule has 1 heterocycles. The van der Waals surface area contributed by atoms with Gasteiger partial charge in [0.15, 0.2) is 0 Å². The Morgan fingerprint density at radius 2 is 2.07 bits per heavy atom. The van der Waals surface area contributed by atoms with E-state index in [0.717, 1.165) is 17.9 Å².